The van der Waals surface area contributed by atoms with Gasteiger partial charge in [0.05, 0.1) is 0 Å². The van der Waals surface area contributed by atoms with E-state index < -0.39 is 0 Å². The van der Waals surface area contributed by atoms with Crippen molar-refractivity contribution < 1.29 is 4.39 Å². The molecule has 0 atom stereocenters. The molecule has 0 unspecified atom stereocenters. The molecule has 4 N–H and O–H groups in total. The highest BCUT2D eigenvalue weighted by Gasteiger charge is 1.99. The van der Waals surface area contributed by atoms with Gasteiger partial charge in [0.25, 0.3) is 0 Å². The van der Waals surface area contributed by atoms with Gasteiger partial charge < -0.3 is 11.5 Å². The lowest BCUT2D eigenvalue weighted by molar-refractivity contribution is 0.608. The van der Waals surface area contributed by atoms with Gasteiger partial charge in [0.15, 0.2) is 0 Å². The Kier molecular flexibility index (Phi) is 8.26. The summed E-state index contributed by atoms with van der Waals surface area (Å²) in [7, 11) is 0. The largest absolute Gasteiger partial charge is 0.326 e. The minimum Gasteiger partial charge on any atom is -0.326 e. The Bertz CT molecular complexity index is 256. The van der Waals surface area contributed by atoms with Gasteiger partial charge in [0.1, 0.15) is 5.82 Å². The first-order valence-electron chi connectivity index (χ1n) is 3.45. The molecule has 0 spiro atoms. The van der Waals surface area contributed by atoms with Crippen molar-refractivity contribution in [1.82, 2.24) is 0 Å². The van der Waals surface area contributed by atoms with E-state index in [1.165, 1.54) is 6.07 Å². The van der Waals surface area contributed by atoms with Crippen molar-refractivity contribution in [3.8, 4) is 0 Å². The van der Waals surface area contributed by atoms with Crippen molar-refractivity contribution in [1.29, 1.82) is 0 Å². The fourth-order valence-electron chi connectivity index (χ4n) is 0.883. The molecule has 5 heteroatoms. The van der Waals surface area contributed by atoms with E-state index >= 15 is 0 Å². The lowest BCUT2D eigenvalue weighted by Gasteiger charge is -2.01. The van der Waals surface area contributed by atoms with Crippen LogP contribution in [0.15, 0.2) is 18.2 Å². The first-order valence-corrected chi connectivity index (χ1v) is 3.45. The van der Waals surface area contributed by atoms with Crippen LogP contribution in [-0.2, 0) is 13.1 Å². The summed E-state index contributed by atoms with van der Waals surface area (Å²) in [6.07, 6.45) is 0. The first-order chi connectivity index (χ1) is 5.27. The maximum absolute atomic E-state index is 12.9. The third-order valence-corrected chi connectivity index (χ3v) is 1.57. The van der Waals surface area contributed by atoms with Gasteiger partial charge in [0.2, 0.25) is 0 Å². The molecule has 0 aliphatic carbocycles. The molecule has 0 aromatic heterocycles. The van der Waals surface area contributed by atoms with Crippen LogP contribution in [0.25, 0.3) is 0 Å². The maximum Gasteiger partial charge on any atom is 0.128 e. The van der Waals surface area contributed by atoms with Gasteiger partial charge in [-0.15, -0.1) is 24.8 Å². The Morgan fingerprint density at radius 1 is 1.08 bits per heavy atom. The van der Waals surface area contributed by atoms with Crippen LogP contribution in [0.1, 0.15) is 11.1 Å². The average Bonchev–Trinajstić information content (AvgIpc) is 2.04. The SMILES string of the molecule is Cl.Cl.NCc1ccc(CN)c(F)c1. The van der Waals surface area contributed by atoms with E-state index in [1.54, 1.807) is 12.1 Å². The maximum atomic E-state index is 12.9. The predicted molar refractivity (Wildman–Crippen MR) is 56.7 cm³/mol. The Hall–Kier alpha value is -0.350. The molecule has 0 saturated heterocycles. The number of hydrogen-bond acceptors (Lipinski definition) is 2. The van der Waals surface area contributed by atoms with Crippen molar-refractivity contribution in [2.75, 3.05) is 0 Å². The Balaban J connectivity index is 0. The van der Waals surface area contributed by atoms with Gasteiger partial charge in [-0.1, -0.05) is 12.1 Å². The lowest BCUT2D eigenvalue weighted by Crippen LogP contribution is -2.02. The van der Waals surface area contributed by atoms with Crippen LogP contribution in [-0.4, -0.2) is 0 Å². The monoisotopic (exact) mass is 226 g/mol. The van der Waals surface area contributed by atoms with Crippen LogP contribution in [0.4, 0.5) is 4.39 Å². The van der Waals surface area contributed by atoms with Crippen LogP contribution in [0, 0.1) is 5.82 Å². The second-order valence-electron chi connectivity index (χ2n) is 2.33. The first kappa shape index (κ1) is 15.1. The van der Waals surface area contributed by atoms with Crippen molar-refractivity contribution in [3.05, 3.63) is 35.1 Å². The number of rotatable bonds is 2. The van der Waals surface area contributed by atoms with E-state index in [2.05, 4.69) is 0 Å². The Morgan fingerprint density at radius 3 is 2.08 bits per heavy atom. The van der Waals surface area contributed by atoms with Crippen molar-refractivity contribution >= 4 is 24.8 Å². The quantitative estimate of drug-likeness (QED) is 0.805. The van der Waals surface area contributed by atoms with Crippen molar-refractivity contribution in [3.63, 3.8) is 0 Å². The molecule has 0 aliphatic heterocycles. The van der Waals surface area contributed by atoms with Crippen LogP contribution in [0.5, 0.6) is 0 Å². The number of halogens is 3. The highest BCUT2D eigenvalue weighted by atomic mass is 35.5. The zero-order valence-electron chi connectivity index (χ0n) is 7.00. The van der Waals surface area contributed by atoms with Crippen LogP contribution < -0.4 is 11.5 Å². The molecule has 1 aromatic rings. The predicted octanol–water partition coefficient (Wildman–Crippen LogP) is 1.59. The van der Waals surface area contributed by atoms with E-state index in [9.17, 15) is 4.39 Å². The summed E-state index contributed by atoms with van der Waals surface area (Å²) in [5.41, 5.74) is 11.9. The van der Waals surface area contributed by atoms with Gasteiger partial charge >= 0.3 is 0 Å². The number of benzene rings is 1. The molecule has 1 rings (SSSR count). The van der Waals surface area contributed by atoms with E-state index in [0.717, 1.165) is 5.56 Å². The van der Waals surface area contributed by atoms with Crippen molar-refractivity contribution in [2.24, 2.45) is 11.5 Å². The summed E-state index contributed by atoms with van der Waals surface area (Å²) in [4.78, 5) is 0. The third kappa shape index (κ3) is 3.91. The fraction of sp³-hybridized carbons (Fsp3) is 0.250. The molecule has 0 radical (unpaired) electrons. The van der Waals surface area contributed by atoms with E-state index in [0.29, 0.717) is 12.1 Å². The number of hydrogen-bond donors (Lipinski definition) is 2. The second-order valence-corrected chi connectivity index (χ2v) is 2.33. The molecule has 1 aromatic carbocycles. The Labute approximate surface area is 89.3 Å². The van der Waals surface area contributed by atoms with E-state index in [1.807, 2.05) is 0 Å². The van der Waals surface area contributed by atoms with Gasteiger partial charge in [-0.3, -0.25) is 0 Å². The summed E-state index contributed by atoms with van der Waals surface area (Å²) in [6, 6.07) is 4.87. The van der Waals surface area contributed by atoms with E-state index in [4.69, 9.17) is 11.5 Å². The van der Waals surface area contributed by atoms with Crippen molar-refractivity contribution in [2.45, 2.75) is 13.1 Å². The molecule has 2 nitrogen and oxygen atoms in total. The minimum atomic E-state index is -0.268. The molecule has 0 amide bonds. The Morgan fingerprint density at radius 2 is 1.69 bits per heavy atom. The summed E-state index contributed by atoms with van der Waals surface area (Å²) in [5, 5.41) is 0. The molecule has 0 heterocycles. The molecule has 0 bridgehead atoms. The van der Waals surface area contributed by atoms with Crippen LogP contribution >= 0.6 is 24.8 Å². The van der Waals surface area contributed by atoms with E-state index in [-0.39, 0.29) is 37.2 Å². The molecule has 76 valence electrons. The fourth-order valence-corrected chi connectivity index (χ4v) is 0.883. The summed E-state index contributed by atoms with van der Waals surface area (Å²) < 4.78 is 12.9. The zero-order chi connectivity index (χ0) is 8.27. The highest BCUT2D eigenvalue weighted by Crippen LogP contribution is 2.08. The standard InChI is InChI=1S/C8H11FN2.2ClH/c9-8-3-6(4-10)1-2-7(8)5-11;;/h1-3H,4-5,10-11H2;2*1H. The van der Waals surface area contributed by atoms with Gasteiger partial charge in [-0.25, -0.2) is 4.39 Å². The second kappa shape index (κ2) is 7.09. The molecule has 13 heavy (non-hydrogen) atoms. The van der Waals surface area contributed by atoms with Gasteiger partial charge in [0, 0.05) is 18.7 Å². The van der Waals surface area contributed by atoms with Gasteiger partial charge in [-0.2, -0.15) is 0 Å². The normalized spacial score (nSPS) is 8.54. The average molecular weight is 227 g/mol. The van der Waals surface area contributed by atoms with Gasteiger partial charge in [-0.05, 0) is 11.6 Å². The third-order valence-electron chi connectivity index (χ3n) is 1.57. The number of nitrogens with two attached hydrogens (primary N) is 2. The lowest BCUT2D eigenvalue weighted by atomic mass is 10.1. The molecular weight excluding hydrogens is 214 g/mol. The molecule has 0 fully saturated rings. The summed E-state index contributed by atoms with van der Waals surface area (Å²) in [5.74, 6) is -0.268. The smallest absolute Gasteiger partial charge is 0.128 e. The zero-order valence-corrected chi connectivity index (χ0v) is 8.63. The molecule has 0 saturated carbocycles. The summed E-state index contributed by atoms with van der Waals surface area (Å²) >= 11 is 0. The van der Waals surface area contributed by atoms with Crippen LogP contribution in [0.2, 0.25) is 0 Å². The summed E-state index contributed by atoms with van der Waals surface area (Å²) in [6.45, 7) is 0.596. The molecular formula is C8H13Cl2FN2. The molecule has 0 aliphatic rings. The minimum absolute atomic E-state index is 0. The van der Waals surface area contributed by atoms with Crippen LogP contribution in [0.3, 0.4) is 0 Å². The highest BCUT2D eigenvalue weighted by molar-refractivity contribution is 5.85. The topological polar surface area (TPSA) is 52.0 Å².